The van der Waals surface area contributed by atoms with Crippen LogP contribution in [0.4, 0.5) is 28.0 Å². The monoisotopic (exact) mass is 372 g/mol. The average molecular weight is 373 g/mol. The molecule has 0 spiro atoms. The van der Waals surface area contributed by atoms with Crippen molar-refractivity contribution < 1.29 is 32.3 Å². The highest BCUT2D eigenvalue weighted by atomic mass is 79.9. The number of anilines is 1. The summed E-state index contributed by atoms with van der Waals surface area (Å²) in [5.41, 5.74) is -0.375. The number of carboxylic acids is 1. The first-order valence-electron chi connectivity index (χ1n) is 5.38. The van der Waals surface area contributed by atoms with Crippen LogP contribution in [0.5, 0.6) is 0 Å². The molecule has 1 aromatic rings. The van der Waals surface area contributed by atoms with Crippen molar-refractivity contribution in [1.82, 2.24) is 4.90 Å². The molecule has 21 heavy (non-hydrogen) atoms. The number of urea groups is 1. The molecule has 0 radical (unpaired) electrons. The van der Waals surface area contributed by atoms with Crippen LogP contribution in [-0.2, 0) is 4.79 Å². The largest absolute Gasteiger partial charge is 0.480 e. The summed E-state index contributed by atoms with van der Waals surface area (Å²) in [4.78, 5) is 22.2. The zero-order chi connectivity index (χ0) is 16.2. The fourth-order valence-electron chi connectivity index (χ4n) is 1.38. The second-order valence-electron chi connectivity index (χ2n) is 3.89. The Bertz CT molecular complexity index is 531. The minimum absolute atomic E-state index is 0.0151. The number of nitrogens with zero attached hydrogens (tertiary/aromatic N) is 1. The first-order chi connectivity index (χ1) is 9.60. The van der Waals surface area contributed by atoms with Crippen molar-refractivity contribution in [2.45, 2.75) is 6.18 Å². The summed E-state index contributed by atoms with van der Waals surface area (Å²) in [6.45, 7) is -2.94. The van der Waals surface area contributed by atoms with Crippen molar-refractivity contribution in [3.8, 4) is 0 Å². The van der Waals surface area contributed by atoms with Gasteiger partial charge in [-0.05, 0) is 28.1 Å². The van der Waals surface area contributed by atoms with Crippen LogP contribution in [-0.4, -0.2) is 41.3 Å². The smallest absolute Gasteiger partial charge is 0.406 e. The molecule has 0 aliphatic heterocycles. The standard InChI is InChI=1S/C11H9BrF4N2O3/c12-6-2-1-3-7(13)9(6)17-10(21)18(4-8(19)20)5-11(14,15)16/h1-3H,4-5H2,(H,17,21)(H,19,20). The van der Waals surface area contributed by atoms with Gasteiger partial charge in [0.05, 0.1) is 5.69 Å². The molecule has 0 aliphatic carbocycles. The van der Waals surface area contributed by atoms with Crippen molar-refractivity contribution >= 4 is 33.6 Å². The Kier molecular flexibility index (Phi) is 5.53. The molecule has 0 fully saturated rings. The summed E-state index contributed by atoms with van der Waals surface area (Å²) in [7, 11) is 0. The van der Waals surface area contributed by atoms with Crippen LogP contribution < -0.4 is 5.32 Å². The van der Waals surface area contributed by atoms with Crippen LogP contribution in [0.3, 0.4) is 0 Å². The Hall–Kier alpha value is -1.84. The Labute approximate surface area is 124 Å². The first-order valence-corrected chi connectivity index (χ1v) is 6.18. The quantitative estimate of drug-likeness (QED) is 0.798. The molecule has 0 unspecified atom stereocenters. The van der Waals surface area contributed by atoms with Gasteiger partial charge in [0.15, 0.2) is 0 Å². The number of aliphatic carboxylic acids is 1. The normalized spacial score (nSPS) is 11.1. The second kappa shape index (κ2) is 6.74. The summed E-state index contributed by atoms with van der Waals surface area (Å²) in [5.74, 6) is -2.50. The highest BCUT2D eigenvalue weighted by Crippen LogP contribution is 2.26. The molecule has 0 bridgehead atoms. The van der Waals surface area contributed by atoms with Crippen LogP contribution in [0.1, 0.15) is 0 Å². The number of hydrogen-bond acceptors (Lipinski definition) is 2. The van der Waals surface area contributed by atoms with Gasteiger partial charge in [-0.25, -0.2) is 9.18 Å². The number of para-hydroxylation sites is 1. The Morgan fingerprint density at radius 1 is 1.33 bits per heavy atom. The van der Waals surface area contributed by atoms with Crippen molar-refractivity contribution in [2.24, 2.45) is 0 Å². The number of carbonyl (C=O) groups is 2. The van der Waals surface area contributed by atoms with E-state index >= 15 is 0 Å². The molecule has 10 heteroatoms. The molecule has 0 saturated heterocycles. The zero-order valence-corrected chi connectivity index (χ0v) is 11.8. The number of carbonyl (C=O) groups excluding carboxylic acids is 1. The van der Waals surface area contributed by atoms with Gasteiger partial charge in [0.2, 0.25) is 0 Å². The van der Waals surface area contributed by atoms with Gasteiger partial charge in [0.25, 0.3) is 0 Å². The van der Waals surface area contributed by atoms with E-state index in [9.17, 15) is 27.2 Å². The summed E-state index contributed by atoms with van der Waals surface area (Å²) >= 11 is 2.93. The molecular formula is C11H9BrF4N2O3. The molecule has 0 saturated carbocycles. The molecule has 0 aliphatic rings. The van der Waals surface area contributed by atoms with E-state index in [4.69, 9.17) is 5.11 Å². The maximum absolute atomic E-state index is 13.5. The molecule has 2 N–H and O–H groups in total. The van der Waals surface area contributed by atoms with Gasteiger partial charge in [0, 0.05) is 4.47 Å². The molecule has 1 aromatic carbocycles. The van der Waals surface area contributed by atoms with E-state index in [-0.39, 0.29) is 15.1 Å². The van der Waals surface area contributed by atoms with Crippen molar-refractivity contribution in [1.29, 1.82) is 0 Å². The molecule has 1 rings (SSSR count). The van der Waals surface area contributed by atoms with E-state index in [2.05, 4.69) is 15.9 Å². The van der Waals surface area contributed by atoms with Crippen molar-refractivity contribution in [3.63, 3.8) is 0 Å². The summed E-state index contributed by atoms with van der Waals surface area (Å²) < 4.78 is 50.5. The Balaban J connectivity index is 2.93. The molecule has 116 valence electrons. The fraction of sp³-hybridized carbons (Fsp3) is 0.273. The number of rotatable bonds is 4. The average Bonchev–Trinajstić information content (AvgIpc) is 2.30. The summed E-state index contributed by atoms with van der Waals surface area (Å²) in [6, 6.07) is 2.30. The van der Waals surface area contributed by atoms with Crippen LogP contribution in [0.2, 0.25) is 0 Å². The predicted molar refractivity (Wildman–Crippen MR) is 68.4 cm³/mol. The second-order valence-corrected chi connectivity index (χ2v) is 4.75. The lowest BCUT2D eigenvalue weighted by molar-refractivity contribution is -0.148. The zero-order valence-electron chi connectivity index (χ0n) is 10.2. The van der Waals surface area contributed by atoms with E-state index in [0.717, 1.165) is 6.07 Å². The minimum Gasteiger partial charge on any atom is -0.480 e. The third-order valence-corrected chi connectivity index (χ3v) is 2.84. The van der Waals surface area contributed by atoms with E-state index in [1.807, 2.05) is 5.32 Å². The third kappa shape index (κ3) is 5.58. The van der Waals surface area contributed by atoms with E-state index in [1.165, 1.54) is 12.1 Å². The molecule has 5 nitrogen and oxygen atoms in total. The van der Waals surface area contributed by atoms with Gasteiger partial charge >= 0.3 is 18.2 Å². The van der Waals surface area contributed by atoms with Gasteiger partial charge in [0.1, 0.15) is 18.9 Å². The topological polar surface area (TPSA) is 69.6 Å². The van der Waals surface area contributed by atoms with Crippen molar-refractivity contribution in [3.05, 3.63) is 28.5 Å². The van der Waals surface area contributed by atoms with Gasteiger partial charge < -0.3 is 15.3 Å². The molecular weight excluding hydrogens is 364 g/mol. The van der Waals surface area contributed by atoms with Crippen LogP contribution in [0.25, 0.3) is 0 Å². The maximum atomic E-state index is 13.5. The van der Waals surface area contributed by atoms with E-state index in [0.29, 0.717) is 0 Å². The van der Waals surface area contributed by atoms with Crippen LogP contribution >= 0.6 is 15.9 Å². The third-order valence-electron chi connectivity index (χ3n) is 2.18. The van der Waals surface area contributed by atoms with Gasteiger partial charge in [-0.3, -0.25) is 4.79 Å². The highest BCUT2D eigenvalue weighted by molar-refractivity contribution is 9.10. The number of nitrogens with one attached hydrogen (secondary N) is 1. The minimum atomic E-state index is -4.78. The first kappa shape index (κ1) is 17.2. The van der Waals surface area contributed by atoms with Gasteiger partial charge in [-0.1, -0.05) is 6.07 Å². The maximum Gasteiger partial charge on any atom is 0.406 e. The fourth-order valence-corrected chi connectivity index (χ4v) is 1.82. The Morgan fingerprint density at radius 3 is 2.43 bits per heavy atom. The van der Waals surface area contributed by atoms with Crippen molar-refractivity contribution in [2.75, 3.05) is 18.4 Å². The number of carboxylic acid groups (broad SMARTS) is 1. The number of amides is 2. The van der Waals surface area contributed by atoms with E-state index < -0.39 is 37.1 Å². The van der Waals surface area contributed by atoms with Gasteiger partial charge in [-0.2, -0.15) is 13.2 Å². The highest BCUT2D eigenvalue weighted by Gasteiger charge is 2.34. The molecule has 0 aromatic heterocycles. The summed E-state index contributed by atoms with van der Waals surface area (Å²) in [5, 5.41) is 10.4. The Morgan fingerprint density at radius 2 is 1.95 bits per heavy atom. The number of halogens is 5. The SMILES string of the molecule is O=C(O)CN(CC(F)(F)F)C(=O)Nc1c(F)cccc1Br. The van der Waals surface area contributed by atoms with Gasteiger partial charge in [-0.15, -0.1) is 0 Å². The van der Waals surface area contributed by atoms with E-state index in [1.54, 1.807) is 0 Å². The molecule has 0 heterocycles. The molecule has 0 atom stereocenters. The van der Waals surface area contributed by atoms with Crippen LogP contribution in [0.15, 0.2) is 22.7 Å². The lowest BCUT2D eigenvalue weighted by Gasteiger charge is -2.22. The predicted octanol–water partition coefficient (Wildman–Crippen LogP) is 3.07. The lowest BCUT2D eigenvalue weighted by atomic mass is 10.3. The number of hydrogen-bond donors (Lipinski definition) is 2. The number of alkyl halides is 3. The summed E-state index contributed by atoms with van der Waals surface area (Å²) in [6.07, 6.45) is -4.78. The van der Waals surface area contributed by atoms with Crippen LogP contribution in [0, 0.1) is 5.82 Å². The molecule has 2 amide bonds. The lowest BCUT2D eigenvalue weighted by Crippen LogP contribution is -2.44. The number of benzene rings is 1.